The second-order valence-corrected chi connectivity index (χ2v) is 10.6. The van der Waals surface area contributed by atoms with Gasteiger partial charge in [-0.05, 0) is 50.5 Å². The van der Waals surface area contributed by atoms with E-state index in [-0.39, 0.29) is 5.92 Å². The number of aliphatic hydroxyl groups excluding tert-OH is 1. The standard InChI is InChI=1S/C16H24O2Si/c1-19(2,3)18-15-12-8-7-11-14(15)16(17)13-9-5-4-6-10-13/h4-6,9-10,12,14,16-17H,7-8,11H2,1-3H3/t14-,16+/m0/s1. The summed E-state index contributed by atoms with van der Waals surface area (Å²) in [5.74, 6) is 1.13. The highest BCUT2D eigenvalue weighted by molar-refractivity contribution is 6.70. The molecule has 1 aromatic carbocycles. The molecule has 0 radical (unpaired) electrons. The van der Waals surface area contributed by atoms with Crippen LogP contribution in [0.5, 0.6) is 0 Å². The van der Waals surface area contributed by atoms with E-state index >= 15 is 0 Å². The van der Waals surface area contributed by atoms with Crippen LogP contribution in [-0.2, 0) is 4.43 Å². The van der Waals surface area contributed by atoms with Crippen molar-refractivity contribution in [3.05, 3.63) is 47.7 Å². The summed E-state index contributed by atoms with van der Waals surface area (Å²) in [6.45, 7) is 6.57. The van der Waals surface area contributed by atoms with E-state index in [0.717, 1.165) is 30.6 Å². The van der Waals surface area contributed by atoms with Crippen molar-refractivity contribution in [1.29, 1.82) is 0 Å². The number of rotatable bonds is 4. The van der Waals surface area contributed by atoms with Gasteiger partial charge in [-0.1, -0.05) is 30.3 Å². The summed E-state index contributed by atoms with van der Waals surface area (Å²) in [4.78, 5) is 0. The molecule has 0 spiro atoms. The Morgan fingerprint density at radius 1 is 1.21 bits per heavy atom. The van der Waals surface area contributed by atoms with Crippen LogP contribution in [0.1, 0.15) is 30.9 Å². The lowest BCUT2D eigenvalue weighted by Gasteiger charge is -2.33. The van der Waals surface area contributed by atoms with Crippen molar-refractivity contribution in [2.24, 2.45) is 5.92 Å². The fraction of sp³-hybridized carbons (Fsp3) is 0.500. The average molecular weight is 276 g/mol. The van der Waals surface area contributed by atoms with Crippen molar-refractivity contribution in [2.45, 2.75) is 45.0 Å². The molecule has 3 heteroatoms. The average Bonchev–Trinajstić information content (AvgIpc) is 2.38. The maximum absolute atomic E-state index is 10.6. The summed E-state index contributed by atoms with van der Waals surface area (Å²) in [7, 11) is -1.61. The second kappa shape index (κ2) is 5.93. The Hall–Kier alpha value is -1.06. The van der Waals surface area contributed by atoms with Gasteiger partial charge in [-0.25, -0.2) is 0 Å². The van der Waals surface area contributed by atoms with Crippen LogP contribution in [0.3, 0.4) is 0 Å². The molecule has 1 aliphatic carbocycles. The van der Waals surface area contributed by atoms with E-state index in [9.17, 15) is 5.11 Å². The first kappa shape index (κ1) is 14.3. The van der Waals surface area contributed by atoms with Gasteiger partial charge in [0.2, 0.25) is 8.32 Å². The van der Waals surface area contributed by atoms with E-state index in [1.807, 2.05) is 30.3 Å². The van der Waals surface area contributed by atoms with Gasteiger partial charge in [0, 0.05) is 5.92 Å². The van der Waals surface area contributed by atoms with E-state index in [4.69, 9.17) is 4.43 Å². The van der Waals surface area contributed by atoms with Gasteiger partial charge >= 0.3 is 0 Å². The molecule has 2 atom stereocenters. The lowest BCUT2D eigenvalue weighted by atomic mass is 9.86. The lowest BCUT2D eigenvalue weighted by Crippen LogP contribution is -2.30. The largest absolute Gasteiger partial charge is 0.547 e. The highest BCUT2D eigenvalue weighted by atomic mass is 28.4. The summed E-state index contributed by atoms with van der Waals surface area (Å²) in [5.41, 5.74) is 0.986. The minimum atomic E-state index is -1.61. The van der Waals surface area contributed by atoms with Crippen LogP contribution in [0.4, 0.5) is 0 Å². The number of hydrogen-bond donors (Lipinski definition) is 1. The Labute approximate surface area is 117 Å². The Morgan fingerprint density at radius 3 is 2.53 bits per heavy atom. The number of allylic oxidation sites excluding steroid dienone is 1. The number of aliphatic hydroxyl groups is 1. The van der Waals surface area contributed by atoms with Gasteiger partial charge in [0.1, 0.15) is 0 Å². The molecular weight excluding hydrogens is 252 g/mol. The van der Waals surface area contributed by atoms with Gasteiger partial charge in [0.05, 0.1) is 11.9 Å². The third kappa shape index (κ3) is 3.95. The van der Waals surface area contributed by atoms with E-state index in [2.05, 4.69) is 25.7 Å². The van der Waals surface area contributed by atoms with Crippen molar-refractivity contribution in [3.63, 3.8) is 0 Å². The van der Waals surface area contributed by atoms with Crippen LogP contribution >= 0.6 is 0 Å². The normalized spacial score (nSPS) is 21.7. The van der Waals surface area contributed by atoms with E-state index < -0.39 is 14.4 Å². The summed E-state index contributed by atoms with van der Waals surface area (Å²) in [5, 5.41) is 10.6. The maximum atomic E-state index is 10.6. The molecule has 0 saturated carbocycles. The fourth-order valence-corrected chi connectivity index (χ4v) is 3.48. The minimum absolute atomic E-state index is 0.114. The van der Waals surface area contributed by atoms with Gasteiger partial charge in [-0.2, -0.15) is 0 Å². The van der Waals surface area contributed by atoms with E-state index in [1.165, 1.54) is 0 Å². The molecule has 1 aromatic rings. The van der Waals surface area contributed by atoms with Crippen molar-refractivity contribution < 1.29 is 9.53 Å². The summed E-state index contributed by atoms with van der Waals surface area (Å²) >= 11 is 0. The molecular formula is C16H24O2Si. The predicted octanol–water partition coefficient (Wildman–Crippen LogP) is 4.26. The fourth-order valence-electron chi connectivity index (χ4n) is 2.54. The minimum Gasteiger partial charge on any atom is -0.547 e. The molecule has 2 nitrogen and oxygen atoms in total. The quantitative estimate of drug-likeness (QED) is 0.833. The van der Waals surface area contributed by atoms with Crippen LogP contribution < -0.4 is 0 Å². The van der Waals surface area contributed by atoms with Crippen LogP contribution in [0.2, 0.25) is 19.6 Å². The van der Waals surface area contributed by atoms with Crippen molar-refractivity contribution in [3.8, 4) is 0 Å². The van der Waals surface area contributed by atoms with Crippen molar-refractivity contribution >= 4 is 8.32 Å². The Kier molecular flexibility index (Phi) is 4.48. The zero-order valence-corrected chi connectivity index (χ0v) is 13.1. The zero-order chi connectivity index (χ0) is 13.9. The molecule has 2 rings (SSSR count). The van der Waals surface area contributed by atoms with Crippen LogP contribution in [0.25, 0.3) is 0 Å². The van der Waals surface area contributed by atoms with Gasteiger partial charge in [0.15, 0.2) is 0 Å². The molecule has 19 heavy (non-hydrogen) atoms. The third-order valence-corrected chi connectivity index (χ3v) is 4.22. The first-order valence-electron chi connectivity index (χ1n) is 7.09. The van der Waals surface area contributed by atoms with Crippen LogP contribution in [0.15, 0.2) is 42.2 Å². The van der Waals surface area contributed by atoms with Crippen LogP contribution in [0, 0.1) is 5.92 Å². The first-order valence-corrected chi connectivity index (χ1v) is 10.5. The van der Waals surface area contributed by atoms with Crippen molar-refractivity contribution in [1.82, 2.24) is 0 Å². The van der Waals surface area contributed by atoms with Gasteiger partial charge < -0.3 is 9.53 Å². The predicted molar refractivity (Wildman–Crippen MR) is 81.3 cm³/mol. The van der Waals surface area contributed by atoms with E-state index in [1.54, 1.807) is 0 Å². The Bertz CT molecular complexity index is 434. The summed E-state index contributed by atoms with van der Waals surface area (Å²) in [6.07, 6.45) is 4.93. The number of hydrogen-bond acceptors (Lipinski definition) is 2. The zero-order valence-electron chi connectivity index (χ0n) is 12.1. The molecule has 0 aromatic heterocycles. The maximum Gasteiger partial charge on any atom is 0.241 e. The molecule has 1 aliphatic rings. The SMILES string of the molecule is C[Si](C)(C)OC1=CCCC[C@@H]1[C@H](O)c1ccccc1. The molecule has 0 aliphatic heterocycles. The molecule has 0 heterocycles. The summed E-state index contributed by atoms with van der Waals surface area (Å²) < 4.78 is 6.17. The molecule has 0 unspecified atom stereocenters. The van der Waals surface area contributed by atoms with Crippen molar-refractivity contribution in [2.75, 3.05) is 0 Å². The number of benzene rings is 1. The molecule has 104 valence electrons. The summed E-state index contributed by atoms with van der Waals surface area (Å²) in [6, 6.07) is 9.91. The van der Waals surface area contributed by atoms with Gasteiger partial charge in [-0.15, -0.1) is 0 Å². The Balaban J connectivity index is 2.17. The third-order valence-electron chi connectivity index (χ3n) is 3.38. The Morgan fingerprint density at radius 2 is 1.89 bits per heavy atom. The lowest BCUT2D eigenvalue weighted by molar-refractivity contribution is 0.0936. The molecule has 1 N–H and O–H groups in total. The van der Waals surface area contributed by atoms with Gasteiger partial charge in [0.25, 0.3) is 0 Å². The monoisotopic (exact) mass is 276 g/mol. The molecule has 0 saturated heterocycles. The highest BCUT2D eigenvalue weighted by Gasteiger charge is 2.30. The second-order valence-electron chi connectivity index (χ2n) is 6.21. The molecule has 0 fully saturated rings. The molecule has 0 bridgehead atoms. The first-order chi connectivity index (χ1) is 8.97. The van der Waals surface area contributed by atoms with Crippen LogP contribution in [-0.4, -0.2) is 13.4 Å². The molecule has 0 amide bonds. The smallest absolute Gasteiger partial charge is 0.241 e. The van der Waals surface area contributed by atoms with E-state index in [0.29, 0.717) is 0 Å². The topological polar surface area (TPSA) is 29.5 Å². The van der Waals surface area contributed by atoms with Gasteiger partial charge in [-0.3, -0.25) is 0 Å². The highest BCUT2D eigenvalue weighted by Crippen LogP contribution is 2.37.